The van der Waals surface area contributed by atoms with Crippen molar-refractivity contribution in [3.05, 3.63) is 34.6 Å². The summed E-state index contributed by atoms with van der Waals surface area (Å²) in [6, 6.07) is 4.36. The van der Waals surface area contributed by atoms with Crippen LogP contribution in [0, 0.1) is 5.82 Å². The molecular weight excluding hydrogens is 303 g/mol. The molecule has 104 valence electrons. The Hall–Kier alpha value is -0.190. The molecule has 5 heteroatoms. The van der Waals surface area contributed by atoms with Gasteiger partial charge in [-0.05, 0) is 23.8 Å². The topological polar surface area (TPSA) is 17.1 Å². The highest BCUT2D eigenvalue weighted by Gasteiger charge is 2.30. The number of hydrogen-bond donors (Lipinski definition) is 0. The fourth-order valence-electron chi connectivity index (χ4n) is 1.93. The molecule has 3 atom stereocenters. The van der Waals surface area contributed by atoms with Crippen molar-refractivity contribution in [2.24, 2.45) is 0 Å². The highest BCUT2D eigenvalue weighted by Crippen LogP contribution is 2.36. The van der Waals surface area contributed by atoms with Gasteiger partial charge in [0, 0.05) is 27.7 Å². The third-order valence-electron chi connectivity index (χ3n) is 3.28. The first-order valence-corrected chi connectivity index (χ1v) is 8.58. The summed E-state index contributed by atoms with van der Waals surface area (Å²) in [6.07, 6.45) is 0.131. The molecule has 2 rings (SSSR count). The molecule has 1 aliphatic rings. The molecule has 0 N–H and O–H groups in total. The molecule has 3 unspecified atom stereocenters. The highest BCUT2D eigenvalue weighted by molar-refractivity contribution is 8.08. The summed E-state index contributed by atoms with van der Waals surface area (Å²) >= 11 is 9.37. The first kappa shape index (κ1) is 15.2. The van der Waals surface area contributed by atoms with E-state index in [4.69, 9.17) is 11.6 Å². The van der Waals surface area contributed by atoms with E-state index in [1.807, 2.05) is 11.8 Å². The van der Waals surface area contributed by atoms with Crippen LogP contribution in [-0.4, -0.2) is 27.3 Å². The van der Waals surface area contributed by atoms with Crippen molar-refractivity contribution in [1.82, 2.24) is 0 Å². The zero-order valence-corrected chi connectivity index (χ0v) is 13.2. The number of rotatable bonds is 3. The number of hydrogen-bond acceptors (Lipinski definition) is 3. The second kappa shape index (κ2) is 6.51. The van der Waals surface area contributed by atoms with Gasteiger partial charge in [-0.3, -0.25) is 4.79 Å². The molecule has 19 heavy (non-hydrogen) atoms. The van der Waals surface area contributed by atoms with Gasteiger partial charge >= 0.3 is 0 Å². The predicted molar refractivity (Wildman–Crippen MR) is 82.9 cm³/mol. The van der Waals surface area contributed by atoms with Crippen LogP contribution in [0.2, 0.25) is 5.02 Å². The lowest BCUT2D eigenvalue weighted by atomic mass is 10.1. The van der Waals surface area contributed by atoms with Gasteiger partial charge in [-0.15, -0.1) is 11.8 Å². The third-order valence-corrected chi connectivity index (χ3v) is 6.96. The van der Waals surface area contributed by atoms with Gasteiger partial charge in [0.25, 0.3) is 0 Å². The van der Waals surface area contributed by atoms with Gasteiger partial charge in [-0.25, -0.2) is 4.39 Å². The van der Waals surface area contributed by atoms with E-state index in [2.05, 4.69) is 13.8 Å². The Morgan fingerprint density at radius 3 is 2.84 bits per heavy atom. The minimum absolute atomic E-state index is 0.0328. The molecule has 1 aromatic carbocycles. The molecule has 1 nitrogen and oxygen atoms in total. The van der Waals surface area contributed by atoms with Crippen LogP contribution in [0.4, 0.5) is 4.39 Å². The van der Waals surface area contributed by atoms with Crippen molar-refractivity contribution >= 4 is 40.9 Å². The van der Waals surface area contributed by atoms with E-state index in [0.717, 1.165) is 5.75 Å². The fourth-order valence-corrected chi connectivity index (χ4v) is 5.02. The smallest absolute Gasteiger partial charge is 0.151 e. The summed E-state index contributed by atoms with van der Waals surface area (Å²) in [5.41, 5.74) is 0.398. The number of Topliss-reactive ketones (excluding diaryl/α,β-unsaturated/α-hetero) is 1. The van der Waals surface area contributed by atoms with E-state index in [9.17, 15) is 9.18 Å². The van der Waals surface area contributed by atoms with Crippen LogP contribution in [-0.2, 0) is 11.2 Å². The zero-order chi connectivity index (χ0) is 14.0. The van der Waals surface area contributed by atoms with Gasteiger partial charge in [0.15, 0.2) is 5.78 Å². The molecule has 1 aliphatic heterocycles. The maximum Gasteiger partial charge on any atom is 0.151 e. The summed E-state index contributed by atoms with van der Waals surface area (Å²) in [6.45, 7) is 4.32. The van der Waals surface area contributed by atoms with E-state index < -0.39 is 0 Å². The fraction of sp³-hybridized carbons (Fsp3) is 0.500. The Bertz CT molecular complexity index is 481. The van der Waals surface area contributed by atoms with E-state index >= 15 is 0 Å². The minimum Gasteiger partial charge on any atom is -0.298 e. The molecule has 1 fully saturated rings. The Kier molecular flexibility index (Phi) is 5.21. The largest absolute Gasteiger partial charge is 0.298 e. The zero-order valence-electron chi connectivity index (χ0n) is 10.9. The molecule has 1 aromatic rings. The van der Waals surface area contributed by atoms with E-state index in [1.54, 1.807) is 17.8 Å². The van der Waals surface area contributed by atoms with Crippen LogP contribution < -0.4 is 0 Å². The average molecular weight is 319 g/mol. The molecule has 0 saturated carbocycles. The molecule has 0 bridgehead atoms. The number of thioether (sulfide) groups is 2. The molecule has 0 spiro atoms. The molecular formula is C14H16ClFOS2. The van der Waals surface area contributed by atoms with Gasteiger partial charge in [0.05, 0.1) is 5.25 Å². The van der Waals surface area contributed by atoms with Crippen LogP contribution >= 0.6 is 35.1 Å². The Labute approximate surface area is 126 Å². The van der Waals surface area contributed by atoms with Gasteiger partial charge in [0.2, 0.25) is 0 Å². The van der Waals surface area contributed by atoms with Crippen molar-refractivity contribution in [3.8, 4) is 0 Å². The highest BCUT2D eigenvalue weighted by atomic mass is 35.5. The summed E-state index contributed by atoms with van der Waals surface area (Å²) in [5.74, 6) is 0.557. The lowest BCUT2D eigenvalue weighted by molar-refractivity contribution is -0.117. The quantitative estimate of drug-likeness (QED) is 0.830. The van der Waals surface area contributed by atoms with Crippen LogP contribution in [0.25, 0.3) is 0 Å². The number of carbonyl (C=O) groups excluding carboxylic acids is 1. The normalized spacial score (nSPS) is 27.3. The predicted octanol–water partition coefficient (Wildman–Crippen LogP) is 4.22. The Balaban J connectivity index is 2.03. The summed E-state index contributed by atoms with van der Waals surface area (Å²) < 4.78 is 13.6. The SMILES string of the molecule is CC1SCC(C(=O)Cc2cc(Cl)ccc2F)SC1C. The number of ketones is 1. The van der Waals surface area contributed by atoms with Gasteiger partial charge in [-0.1, -0.05) is 25.4 Å². The standard InChI is InChI=1S/C14H16ClFOS2/c1-8-9(2)19-14(7-18-8)13(17)6-10-5-11(15)3-4-12(10)16/h3-5,8-9,14H,6-7H2,1-2H3. The maximum atomic E-state index is 13.6. The van der Waals surface area contributed by atoms with Crippen molar-refractivity contribution in [3.63, 3.8) is 0 Å². The van der Waals surface area contributed by atoms with Crippen LogP contribution in [0.15, 0.2) is 18.2 Å². The van der Waals surface area contributed by atoms with E-state index in [0.29, 0.717) is 21.1 Å². The molecule has 0 aliphatic carbocycles. The summed E-state index contributed by atoms with van der Waals surface area (Å²) in [5, 5.41) is 1.46. The van der Waals surface area contributed by atoms with Crippen molar-refractivity contribution in [1.29, 1.82) is 0 Å². The van der Waals surface area contributed by atoms with Crippen molar-refractivity contribution in [2.45, 2.75) is 36.0 Å². The summed E-state index contributed by atoms with van der Waals surface area (Å²) in [4.78, 5) is 12.2. The first-order valence-electron chi connectivity index (χ1n) is 6.21. The Morgan fingerprint density at radius 1 is 1.42 bits per heavy atom. The monoisotopic (exact) mass is 318 g/mol. The molecule has 0 radical (unpaired) electrons. The van der Waals surface area contributed by atoms with Crippen LogP contribution in [0.1, 0.15) is 19.4 Å². The van der Waals surface area contributed by atoms with Gasteiger partial charge in [-0.2, -0.15) is 11.8 Å². The average Bonchev–Trinajstić information content (AvgIpc) is 2.37. The van der Waals surface area contributed by atoms with Crippen LogP contribution in [0.5, 0.6) is 0 Å². The van der Waals surface area contributed by atoms with Crippen LogP contribution in [0.3, 0.4) is 0 Å². The third kappa shape index (κ3) is 3.89. The molecule has 1 saturated heterocycles. The Morgan fingerprint density at radius 2 is 2.16 bits per heavy atom. The number of halogens is 2. The molecule has 0 aromatic heterocycles. The second-order valence-electron chi connectivity index (χ2n) is 4.75. The maximum absolute atomic E-state index is 13.6. The van der Waals surface area contributed by atoms with Crippen molar-refractivity contribution in [2.75, 3.05) is 5.75 Å². The number of benzene rings is 1. The lowest BCUT2D eigenvalue weighted by Gasteiger charge is -2.30. The minimum atomic E-state index is -0.354. The molecule has 0 amide bonds. The van der Waals surface area contributed by atoms with E-state index in [1.165, 1.54) is 12.1 Å². The van der Waals surface area contributed by atoms with Gasteiger partial charge < -0.3 is 0 Å². The lowest BCUT2D eigenvalue weighted by Crippen LogP contribution is -2.32. The summed E-state index contributed by atoms with van der Waals surface area (Å²) in [7, 11) is 0. The van der Waals surface area contributed by atoms with Gasteiger partial charge in [0.1, 0.15) is 5.82 Å². The molecule has 1 heterocycles. The number of carbonyl (C=O) groups is 1. The second-order valence-corrected chi connectivity index (χ2v) is 8.18. The van der Waals surface area contributed by atoms with E-state index in [-0.39, 0.29) is 23.3 Å². The first-order chi connectivity index (χ1) is 8.97. The van der Waals surface area contributed by atoms with Crippen molar-refractivity contribution < 1.29 is 9.18 Å².